The predicted octanol–water partition coefficient (Wildman–Crippen LogP) is 2.89. The Kier molecular flexibility index (Phi) is 4.62. The van der Waals surface area contributed by atoms with Crippen molar-refractivity contribution in [2.24, 2.45) is 0 Å². The third kappa shape index (κ3) is 3.82. The summed E-state index contributed by atoms with van der Waals surface area (Å²) in [6.07, 6.45) is 1.47. The summed E-state index contributed by atoms with van der Waals surface area (Å²) in [7, 11) is 0. The van der Waals surface area contributed by atoms with Gasteiger partial charge in [0, 0.05) is 5.02 Å². The number of nitrogens with zero attached hydrogens (tertiary/aromatic N) is 2. The Labute approximate surface area is 123 Å². The lowest BCUT2D eigenvalue weighted by Crippen LogP contribution is -2.22. The van der Waals surface area contributed by atoms with Crippen LogP contribution in [-0.4, -0.2) is 20.5 Å². The molecule has 0 aliphatic heterocycles. The van der Waals surface area contributed by atoms with Crippen molar-refractivity contribution >= 4 is 52.2 Å². The summed E-state index contributed by atoms with van der Waals surface area (Å²) in [5.41, 5.74) is 6.77. The summed E-state index contributed by atoms with van der Waals surface area (Å²) in [6.45, 7) is 1.80. The number of nitrogens with two attached hydrogens (primary N) is 1. The van der Waals surface area contributed by atoms with Gasteiger partial charge in [0.15, 0.2) is 4.34 Å². The van der Waals surface area contributed by atoms with Gasteiger partial charge in [-0.3, -0.25) is 4.79 Å². The molecule has 0 saturated carbocycles. The molecule has 8 heteroatoms. The Morgan fingerprint density at radius 3 is 3.00 bits per heavy atom. The van der Waals surface area contributed by atoms with E-state index in [0.717, 1.165) is 4.34 Å². The number of rotatable bonds is 4. The standard InChI is InChI=1S/C11H11ClN4OS2/c1-6(18-11-14-5-15-19-11)10(17)16-9-3-2-7(12)4-8(9)13/h2-6H,13H2,1H3,(H,16,17). The van der Waals surface area contributed by atoms with Crippen molar-refractivity contribution < 1.29 is 4.79 Å². The number of carbonyl (C=O) groups excluding carboxylic acids is 1. The summed E-state index contributed by atoms with van der Waals surface area (Å²) in [5.74, 6) is -0.144. The molecule has 1 aromatic heterocycles. The molecule has 1 amide bonds. The minimum Gasteiger partial charge on any atom is -0.397 e. The summed E-state index contributed by atoms with van der Waals surface area (Å²) >= 11 is 8.41. The average molecular weight is 315 g/mol. The van der Waals surface area contributed by atoms with E-state index in [0.29, 0.717) is 16.4 Å². The van der Waals surface area contributed by atoms with Crippen LogP contribution in [0.5, 0.6) is 0 Å². The van der Waals surface area contributed by atoms with E-state index in [9.17, 15) is 4.79 Å². The van der Waals surface area contributed by atoms with Crippen LogP contribution in [-0.2, 0) is 4.79 Å². The minimum atomic E-state index is -0.289. The van der Waals surface area contributed by atoms with Crippen molar-refractivity contribution in [3.05, 3.63) is 29.5 Å². The second-order valence-electron chi connectivity index (χ2n) is 3.69. The van der Waals surface area contributed by atoms with Crippen LogP contribution < -0.4 is 11.1 Å². The Morgan fingerprint density at radius 2 is 2.37 bits per heavy atom. The average Bonchev–Trinajstić information content (AvgIpc) is 2.85. The molecular formula is C11H11ClN4OS2. The molecule has 0 radical (unpaired) electrons. The molecule has 0 spiro atoms. The first-order valence-electron chi connectivity index (χ1n) is 5.35. The molecule has 0 saturated heterocycles. The lowest BCUT2D eigenvalue weighted by molar-refractivity contribution is -0.115. The van der Waals surface area contributed by atoms with Crippen LogP contribution in [0.15, 0.2) is 28.9 Å². The highest BCUT2D eigenvalue weighted by atomic mass is 35.5. The molecule has 1 aromatic carbocycles. The molecule has 0 aliphatic carbocycles. The van der Waals surface area contributed by atoms with Gasteiger partial charge in [0.05, 0.1) is 16.6 Å². The van der Waals surface area contributed by atoms with Crippen molar-refractivity contribution in [2.75, 3.05) is 11.1 Å². The molecule has 1 atom stereocenters. The van der Waals surface area contributed by atoms with E-state index < -0.39 is 0 Å². The van der Waals surface area contributed by atoms with Crippen molar-refractivity contribution in [1.82, 2.24) is 9.36 Å². The summed E-state index contributed by atoms with van der Waals surface area (Å²) in [4.78, 5) is 16.0. The second kappa shape index (κ2) is 6.23. The van der Waals surface area contributed by atoms with E-state index in [-0.39, 0.29) is 11.2 Å². The molecule has 0 aliphatic rings. The highest BCUT2D eigenvalue weighted by molar-refractivity contribution is 8.02. The van der Waals surface area contributed by atoms with Crippen LogP contribution >= 0.6 is 34.9 Å². The first kappa shape index (κ1) is 14.1. The minimum absolute atomic E-state index is 0.144. The van der Waals surface area contributed by atoms with E-state index in [1.54, 1.807) is 25.1 Å². The zero-order valence-electron chi connectivity index (χ0n) is 9.96. The Hall–Kier alpha value is -1.31. The molecular weight excluding hydrogens is 304 g/mol. The van der Waals surface area contributed by atoms with Gasteiger partial charge in [-0.1, -0.05) is 23.4 Å². The second-order valence-corrected chi connectivity index (χ2v) is 6.49. The topological polar surface area (TPSA) is 80.9 Å². The SMILES string of the molecule is CC(Sc1ncns1)C(=O)Nc1ccc(Cl)cc1N. The normalized spacial score (nSPS) is 12.1. The van der Waals surface area contributed by atoms with Crippen molar-refractivity contribution in [3.63, 3.8) is 0 Å². The smallest absolute Gasteiger partial charge is 0.237 e. The largest absolute Gasteiger partial charge is 0.397 e. The first-order valence-corrected chi connectivity index (χ1v) is 7.38. The van der Waals surface area contributed by atoms with Gasteiger partial charge >= 0.3 is 0 Å². The van der Waals surface area contributed by atoms with E-state index in [4.69, 9.17) is 17.3 Å². The molecule has 0 bridgehead atoms. The number of halogens is 1. The number of amides is 1. The zero-order chi connectivity index (χ0) is 13.8. The van der Waals surface area contributed by atoms with Crippen LogP contribution in [0.25, 0.3) is 0 Å². The molecule has 5 nitrogen and oxygen atoms in total. The van der Waals surface area contributed by atoms with Gasteiger partial charge in [0.1, 0.15) is 6.33 Å². The number of benzene rings is 1. The maximum absolute atomic E-state index is 12.0. The number of nitrogens with one attached hydrogen (secondary N) is 1. The highest BCUT2D eigenvalue weighted by Crippen LogP contribution is 2.26. The quantitative estimate of drug-likeness (QED) is 0.670. The van der Waals surface area contributed by atoms with E-state index in [2.05, 4.69) is 14.7 Å². The Balaban J connectivity index is 2.00. The van der Waals surface area contributed by atoms with Crippen LogP contribution in [0.2, 0.25) is 5.02 Å². The van der Waals surface area contributed by atoms with Crippen molar-refractivity contribution in [1.29, 1.82) is 0 Å². The monoisotopic (exact) mass is 314 g/mol. The van der Waals surface area contributed by atoms with Gasteiger partial charge in [-0.25, -0.2) is 4.98 Å². The highest BCUT2D eigenvalue weighted by Gasteiger charge is 2.17. The molecule has 100 valence electrons. The number of thioether (sulfide) groups is 1. The zero-order valence-corrected chi connectivity index (χ0v) is 12.4. The molecule has 3 N–H and O–H groups in total. The molecule has 0 fully saturated rings. The lowest BCUT2D eigenvalue weighted by Gasteiger charge is -2.12. The predicted molar refractivity (Wildman–Crippen MR) is 79.7 cm³/mol. The number of hydrogen-bond acceptors (Lipinski definition) is 6. The maximum Gasteiger partial charge on any atom is 0.237 e. The fourth-order valence-corrected chi connectivity index (χ4v) is 3.07. The van der Waals surface area contributed by atoms with Gasteiger partial charge in [-0.05, 0) is 36.7 Å². The molecule has 2 aromatic rings. The van der Waals surface area contributed by atoms with E-state index in [1.807, 2.05) is 0 Å². The molecule has 19 heavy (non-hydrogen) atoms. The number of hydrogen-bond donors (Lipinski definition) is 2. The molecule has 1 heterocycles. The summed E-state index contributed by atoms with van der Waals surface area (Å²) in [6, 6.07) is 4.95. The van der Waals surface area contributed by atoms with Crippen LogP contribution in [0.3, 0.4) is 0 Å². The first-order chi connectivity index (χ1) is 9.06. The third-order valence-electron chi connectivity index (χ3n) is 2.26. The Bertz CT molecular complexity index is 576. The van der Waals surface area contributed by atoms with E-state index >= 15 is 0 Å². The van der Waals surface area contributed by atoms with Crippen LogP contribution in [0, 0.1) is 0 Å². The molecule has 1 unspecified atom stereocenters. The maximum atomic E-state index is 12.0. The number of anilines is 2. The number of nitrogen functional groups attached to an aromatic ring is 1. The lowest BCUT2D eigenvalue weighted by atomic mass is 10.2. The number of carbonyl (C=O) groups is 1. The van der Waals surface area contributed by atoms with Crippen molar-refractivity contribution in [2.45, 2.75) is 16.5 Å². The van der Waals surface area contributed by atoms with Crippen LogP contribution in [0.4, 0.5) is 11.4 Å². The summed E-state index contributed by atoms with van der Waals surface area (Å²) in [5, 5.41) is 3.01. The fraction of sp³-hybridized carbons (Fsp3) is 0.182. The van der Waals surface area contributed by atoms with Gasteiger partial charge < -0.3 is 11.1 Å². The number of aromatic nitrogens is 2. The molecule has 2 rings (SSSR count). The Morgan fingerprint density at radius 1 is 1.58 bits per heavy atom. The van der Waals surface area contributed by atoms with Gasteiger partial charge in [0.2, 0.25) is 5.91 Å². The van der Waals surface area contributed by atoms with Gasteiger partial charge in [-0.2, -0.15) is 4.37 Å². The van der Waals surface area contributed by atoms with Crippen molar-refractivity contribution in [3.8, 4) is 0 Å². The van der Waals surface area contributed by atoms with Gasteiger partial charge in [0.25, 0.3) is 0 Å². The third-order valence-corrected chi connectivity index (χ3v) is 4.34. The fourth-order valence-electron chi connectivity index (χ4n) is 1.30. The van der Waals surface area contributed by atoms with Crippen LogP contribution in [0.1, 0.15) is 6.92 Å². The van der Waals surface area contributed by atoms with Gasteiger partial charge in [-0.15, -0.1) is 0 Å². The van der Waals surface area contributed by atoms with E-state index in [1.165, 1.54) is 29.6 Å². The summed E-state index contributed by atoms with van der Waals surface area (Å²) < 4.78 is 4.64.